The quantitative estimate of drug-likeness (QED) is 0.479. The van der Waals surface area contributed by atoms with Crippen molar-refractivity contribution in [3.63, 3.8) is 0 Å². The minimum atomic E-state index is -3.67. The van der Waals surface area contributed by atoms with Gasteiger partial charge < -0.3 is 0 Å². The number of piperazine rings is 1. The zero-order valence-electron chi connectivity index (χ0n) is 18.9. The Labute approximate surface area is 198 Å². The van der Waals surface area contributed by atoms with E-state index in [1.54, 1.807) is 35.5 Å². The number of hydrogen-bond acceptors (Lipinski definition) is 5. The van der Waals surface area contributed by atoms with Gasteiger partial charge in [0, 0.05) is 43.7 Å². The van der Waals surface area contributed by atoms with Gasteiger partial charge in [-0.25, -0.2) is 13.5 Å². The number of aromatic amines is 1. The fourth-order valence-corrected chi connectivity index (χ4v) is 6.14. The lowest BCUT2D eigenvalue weighted by Crippen LogP contribution is -2.48. The number of sulfonamides is 1. The predicted molar refractivity (Wildman–Crippen MR) is 133 cm³/mol. The predicted octanol–water partition coefficient (Wildman–Crippen LogP) is 3.41. The van der Waals surface area contributed by atoms with Gasteiger partial charge in [0.1, 0.15) is 0 Å². The Balaban J connectivity index is 1.42. The van der Waals surface area contributed by atoms with Crippen molar-refractivity contribution >= 4 is 20.8 Å². The summed E-state index contributed by atoms with van der Waals surface area (Å²) >= 11 is 0. The first-order valence-corrected chi connectivity index (χ1v) is 12.7. The summed E-state index contributed by atoms with van der Waals surface area (Å²) in [6.07, 6.45) is 0. The highest BCUT2D eigenvalue weighted by molar-refractivity contribution is 7.89. The van der Waals surface area contributed by atoms with E-state index in [0.717, 1.165) is 6.54 Å². The monoisotopic (exact) mass is 474 g/mol. The molecule has 0 radical (unpaired) electrons. The normalized spacial score (nSPS) is 15.6. The molecule has 0 unspecified atom stereocenters. The van der Waals surface area contributed by atoms with Gasteiger partial charge in [0.15, 0.2) is 0 Å². The van der Waals surface area contributed by atoms with E-state index in [1.165, 1.54) is 5.56 Å². The maximum absolute atomic E-state index is 13.6. The standard InChI is InChI=1S/C26H26N4O3S/c1-19-11-12-21(25-22-9-5-6-10-23(22)26(31)28-27-25)17-24(19)34(32,33)30-15-13-29(14-16-30)18-20-7-3-2-4-8-20/h2-12,17H,13-16,18H2,1H3,(H,28,31). The third-order valence-corrected chi connectivity index (χ3v) is 8.40. The van der Waals surface area contributed by atoms with Gasteiger partial charge in [0.2, 0.25) is 10.0 Å². The molecule has 0 atom stereocenters. The van der Waals surface area contributed by atoms with Crippen molar-refractivity contribution in [3.05, 3.63) is 94.3 Å². The number of aryl methyl sites for hydroxylation is 1. The molecule has 0 bridgehead atoms. The summed E-state index contributed by atoms with van der Waals surface area (Å²) in [5.74, 6) is 0. The fourth-order valence-electron chi connectivity index (χ4n) is 4.47. The Kier molecular flexibility index (Phi) is 6.03. The maximum atomic E-state index is 13.6. The van der Waals surface area contributed by atoms with Crippen LogP contribution in [0.15, 0.2) is 82.5 Å². The molecule has 1 aliphatic rings. The Morgan fingerprint density at radius 3 is 2.29 bits per heavy atom. The number of rotatable bonds is 5. The van der Waals surface area contributed by atoms with E-state index >= 15 is 0 Å². The van der Waals surface area contributed by atoms with E-state index in [2.05, 4.69) is 27.2 Å². The van der Waals surface area contributed by atoms with Gasteiger partial charge in [-0.2, -0.15) is 9.40 Å². The molecular weight excluding hydrogens is 448 g/mol. The van der Waals surface area contributed by atoms with Crippen LogP contribution in [-0.2, 0) is 16.6 Å². The molecule has 4 aromatic rings. The second-order valence-electron chi connectivity index (χ2n) is 8.59. The summed E-state index contributed by atoms with van der Waals surface area (Å²) in [6, 6.07) is 22.7. The number of aromatic nitrogens is 2. The average molecular weight is 475 g/mol. The molecule has 1 saturated heterocycles. The van der Waals surface area contributed by atoms with Crippen LogP contribution in [0.3, 0.4) is 0 Å². The zero-order chi connectivity index (χ0) is 23.7. The van der Waals surface area contributed by atoms with Gasteiger partial charge in [-0.15, -0.1) is 0 Å². The molecule has 1 fully saturated rings. The summed E-state index contributed by atoms with van der Waals surface area (Å²) in [4.78, 5) is 14.7. The molecule has 34 heavy (non-hydrogen) atoms. The molecular formula is C26H26N4O3S. The highest BCUT2D eigenvalue weighted by Gasteiger charge is 2.30. The molecule has 0 aliphatic carbocycles. The van der Waals surface area contributed by atoms with E-state index in [1.807, 2.05) is 36.4 Å². The molecule has 1 aromatic heterocycles. The highest BCUT2D eigenvalue weighted by atomic mass is 32.2. The Morgan fingerprint density at radius 2 is 1.56 bits per heavy atom. The largest absolute Gasteiger partial charge is 0.296 e. The lowest BCUT2D eigenvalue weighted by atomic mass is 10.0. The van der Waals surface area contributed by atoms with E-state index in [-0.39, 0.29) is 10.5 Å². The van der Waals surface area contributed by atoms with Crippen LogP contribution >= 0.6 is 0 Å². The fraction of sp³-hybridized carbons (Fsp3) is 0.231. The van der Waals surface area contributed by atoms with Gasteiger partial charge in [-0.3, -0.25) is 9.69 Å². The van der Waals surface area contributed by atoms with Crippen LogP contribution in [0.2, 0.25) is 0 Å². The van der Waals surface area contributed by atoms with Crippen molar-refractivity contribution < 1.29 is 8.42 Å². The van der Waals surface area contributed by atoms with Crippen LogP contribution in [0.1, 0.15) is 11.1 Å². The third-order valence-electron chi connectivity index (χ3n) is 6.36. The topological polar surface area (TPSA) is 86.4 Å². The molecule has 174 valence electrons. The first kappa shape index (κ1) is 22.5. The molecule has 0 amide bonds. The van der Waals surface area contributed by atoms with Crippen molar-refractivity contribution in [1.29, 1.82) is 0 Å². The molecule has 1 aliphatic heterocycles. The van der Waals surface area contributed by atoms with Crippen LogP contribution in [0.4, 0.5) is 0 Å². The molecule has 3 aromatic carbocycles. The maximum Gasteiger partial charge on any atom is 0.272 e. The highest BCUT2D eigenvalue weighted by Crippen LogP contribution is 2.29. The molecule has 1 N–H and O–H groups in total. The minimum Gasteiger partial charge on any atom is -0.296 e. The lowest BCUT2D eigenvalue weighted by molar-refractivity contribution is 0.181. The summed E-state index contributed by atoms with van der Waals surface area (Å²) in [7, 11) is -3.67. The van der Waals surface area contributed by atoms with Crippen molar-refractivity contribution in [2.75, 3.05) is 26.2 Å². The van der Waals surface area contributed by atoms with Crippen LogP contribution in [0.5, 0.6) is 0 Å². The second kappa shape index (κ2) is 9.13. The molecule has 8 heteroatoms. The molecule has 2 heterocycles. The SMILES string of the molecule is Cc1ccc(-c2n[nH]c(=O)c3ccccc23)cc1S(=O)(=O)N1CCN(Cc2ccccc2)CC1. The Morgan fingerprint density at radius 1 is 0.882 bits per heavy atom. The number of nitrogens with one attached hydrogen (secondary N) is 1. The number of H-pyrrole nitrogens is 1. The number of benzene rings is 3. The van der Waals surface area contributed by atoms with E-state index in [4.69, 9.17) is 0 Å². The number of hydrogen-bond donors (Lipinski definition) is 1. The van der Waals surface area contributed by atoms with Gasteiger partial charge in [-0.1, -0.05) is 60.7 Å². The van der Waals surface area contributed by atoms with Gasteiger partial charge in [0.05, 0.1) is 16.0 Å². The molecule has 0 spiro atoms. The summed E-state index contributed by atoms with van der Waals surface area (Å²) in [5.41, 5.74) is 2.85. The van der Waals surface area contributed by atoms with Crippen molar-refractivity contribution in [2.24, 2.45) is 0 Å². The summed E-state index contributed by atoms with van der Waals surface area (Å²) < 4.78 is 28.8. The number of fused-ring (bicyclic) bond motifs is 1. The van der Waals surface area contributed by atoms with E-state index in [9.17, 15) is 13.2 Å². The minimum absolute atomic E-state index is 0.271. The van der Waals surface area contributed by atoms with Gasteiger partial charge >= 0.3 is 0 Å². The zero-order valence-corrected chi connectivity index (χ0v) is 19.8. The van der Waals surface area contributed by atoms with Crippen LogP contribution < -0.4 is 5.56 Å². The first-order chi connectivity index (χ1) is 16.4. The summed E-state index contributed by atoms with van der Waals surface area (Å²) in [6.45, 7) is 4.87. The van der Waals surface area contributed by atoms with Crippen molar-refractivity contribution in [3.8, 4) is 11.3 Å². The molecule has 5 rings (SSSR count). The van der Waals surface area contributed by atoms with Crippen LogP contribution in [0, 0.1) is 6.92 Å². The Bertz CT molecular complexity index is 1490. The average Bonchev–Trinajstić information content (AvgIpc) is 2.86. The smallest absolute Gasteiger partial charge is 0.272 e. The third kappa shape index (κ3) is 4.27. The van der Waals surface area contributed by atoms with Crippen molar-refractivity contribution in [2.45, 2.75) is 18.4 Å². The van der Waals surface area contributed by atoms with E-state index < -0.39 is 10.0 Å². The molecule has 0 saturated carbocycles. The van der Waals surface area contributed by atoms with Crippen molar-refractivity contribution in [1.82, 2.24) is 19.4 Å². The lowest BCUT2D eigenvalue weighted by Gasteiger charge is -2.34. The van der Waals surface area contributed by atoms with Crippen LogP contribution in [-0.4, -0.2) is 54.0 Å². The van der Waals surface area contributed by atoms with Gasteiger partial charge in [-0.05, 0) is 30.2 Å². The Hall–Kier alpha value is -3.33. The first-order valence-electron chi connectivity index (χ1n) is 11.3. The molecule has 7 nitrogen and oxygen atoms in total. The van der Waals surface area contributed by atoms with Gasteiger partial charge in [0.25, 0.3) is 5.56 Å². The summed E-state index contributed by atoms with van der Waals surface area (Å²) in [5, 5.41) is 7.98. The van der Waals surface area contributed by atoms with E-state index in [0.29, 0.717) is 53.8 Å². The second-order valence-corrected chi connectivity index (χ2v) is 10.5. The number of nitrogens with zero attached hydrogens (tertiary/aromatic N) is 3. The van der Waals surface area contributed by atoms with Crippen LogP contribution in [0.25, 0.3) is 22.0 Å².